The van der Waals surface area contributed by atoms with Gasteiger partial charge in [-0.2, -0.15) is 0 Å². The average Bonchev–Trinajstić information content (AvgIpc) is 2.56. The molecule has 124 valence electrons. The molecule has 2 aromatic rings. The predicted octanol–water partition coefficient (Wildman–Crippen LogP) is 3.43. The first-order chi connectivity index (χ1) is 11.5. The fourth-order valence-electron chi connectivity index (χ4n) is 1.87. The molecule has 0 fully saturated rings. The maximum absolute atomic E-state index is 12.3. The lowest BCUT2D eigenvalue weighted by atomic mass is 10.2. The third-order valence-corrected chi connectivity index (χ3v) is 3.23. The molecule has 0 bridgehead atoms. The van der Waals surface area contributed by atoms with E-state index < -0.39 is 5.97 Å². The second-order valence-corrected chi connectivity index (χ2v) is 5.29. The predicted molar refractivity (Wildman–Crippen MR) is 91.9 cm³/mol. The number of rotatable bonds is 5. The van der Waals surface area contributed by atoms with Crippen molar-refractivity contribution in [1.29, 1.82) is 0 Å². The molecule has 0 aliphatic heterocycles. The first-order valence-corrected chi connectivity index (χ1v) is 7.47. The van der Waals surface area contributed by atoms with Crippen LogP contribution in [-0.2, 0) is 9.59 Å². The Morgan fingerprint density at radius 2 is 1.58 bits per heavy atom. The molecular weight excluding hydrogens is 330 g/mol. The Morgan fingerprint density at radius 3 is 2.12 bits per heavy atom. The minimum Gasteiger partial charge on any atom is -0.497 e. The molecule has 24 heavy (non-hydrogen) atoms. The fourth-order valence-corrected chi connectivity index (χ4v) is 1.99. The SMILES string of the molecule is COc1ccc(OC(=O)/C(=C/c2ccc(Cl)cc2)NC(C)=O)cc1. The quantitative estimate of drug-likeness (QED) is 0.512. The highest BCUT2D eigenvalue weighted by Gasteiger charge is 2.14. The second kappa shape index (κ2) is 8.17. The van der Waals surface area contributed by atoms with Gasteiger partial charge >= 0.3 is 5.97 Å². The van der Waals surface area contributed by atoms with E-state index in [1.807, 2.05) is 0 Å². The van der Waals surface area contributed by atoms with Crippen LogP contribution in [0.5, 0.6) is 11.5 Å². The Balaban J connectivity index is 2.20. The number of carbonyl (C=O) groups is 2. The summed E-state index contributed by atoms with van der Waals surface area (Å²) < 4.78 is 10.3. The van der Waals surface area contributed by atoms with Crippen molar-refractivity contribution in [3.63, 3.8) is 0 Å². The van der Waals surface area contributed by atoms with Gasteiger partial charge in [-0.05, 0) is 48.0 Å². The van der Waals surface area contributed by atoms with Crippen LogP contribution in [0.3, 0.4) is 0 Å². The highest BCUT2D eigenvalue weighted by Crippen LogP contribution is 2.18. The summed E-state index contributed by atoms with van der Waals surface area (Å²) in [6, 6.07) is 13.4. The van der Waals surface area contributed by atoms with Gasteiger partial charge in [-0.15, -0.1) is 0 Å². The summed E-state index contributed by atoms with van der Waals surface area (Å²) in [6.07, 6.45) is 1.52. The normalized spacial score (nSPS) is 10.9. The van der Waals surface area contributed by atoms with Crippen LogP contribution >= 0.6 is 11.6 Å². The van der Waals surface area contributed by atoms with Gasteiger partial charge in [-0.3, -0.25) is 4.79 Å². The van der Waals surface area contributed by atoms with Crippen molar-refractivity contribution in [2.45, 2.75) is 6.92 Å². The lowest BCUT2D eigenvalue weighted by molar-refractivity contribution is -0.132. The maximum atomic E-state index is 12.3. The Kier molecular flexibility index (Phi) is 5.98. The van der Waals surface area contributed by atoms with Crippen molar-refractivity contribution in [2.75, 3.05) is 7.11 Å². The average molecular weight is 346 g/mol. The van der Waals surface area contributed by atoms with Crippen molar-refractivity contribution < 1.29 is 19.1 Å². The van der Waals surface area contributed by atoms with Gasteiger partial charge in [0, 0.05) is 11.9 Å². The summed E-state index contributed by atoms with van der Waals surface area (Å²) in [6.45, 7) is 1.32. The minimum absolute atomic E-state index is 0.0284. The monoisotopic (exact) mass is 345 g/mol. The first-order valence-electron chi connectivity index (χ1n) is 7.09. The molecule has 1 amide bonds. The van der Waals surface area contributed by atoms with E-state index >= 15 is 0 Å². The van der Waals surface area contributed by atoms with E-state index in [0.29, 0.717) is 22.1 Å². The van der Waals surface area contributed by atoms with Gasteiger partial charge in [0.25, 0.3) is 0 Å². The van der Waals surface area contributed by atoms with Crippen LogP contribution in [0.2, 0.25) is 5.02 Å². The van der Waals surface area contributed by atoms with Crippen LogP contribution in [0.25, 0.3) is 6.08 Å². The molecule has 2 aromatic carbocycles. The van der Waals surface area contributed by atoms with Gasteiger partial charge in [0.1, 0.15) is 17.2 Å². The van der Waals surface area contributed by atoms with Crippen molar-refractivity contribution in [3.8, 4) is 11.5 Å². The number of carbonyl (C=O) groups excluding carboxylic acids is 2. The number of nitrogens with one attached hydrogen (secondary N) is 1. The van der Waals surface area contributed by atoms with Crippen LogP contribution in [0.1, 0.15) is 12.5 Å². The smallest absolute Gasteiger partial charge is 0.360 e. The second-order valence-electron chi connectivity index (χ2n) is 4.86. The van der Waals surface area contributed by atoms with Crippen molar-refractivity contribution in [2.24, 2.45) is 0 Å². The van der Waals surface area contributed by atoms with Crippen molar-refractivity contribution >= 4 is 29.6 Å². The third-order valence-electron chi connectivity index (χ3n) is 2.98. The lowest BCUT2D eigenvalue weighted by Gasteiger charge is -2.09. The topological polar surface area (TPSA) is 64.6 Å². The number of amides is 1. The third kappa shape index (κ3) is 5.14. The molecule has 0 unspecified atom stereocenters. The van der Waals surface area contributed by atoms with Gasteiger partial charge in [-0.25, -0.2) is 4.79 Å². The summed E-state index contributed by atoms with van der Waals surface area (Å²) >= 11 is 5.83. The largest absolute Gasteiger partial charge is 0.497 e. The minimum atomic E-state index is -0.676. The maximum Gasteiger partial charge on any atom is 0.360 e. The zero-order valence-electron chi connectivity index (χ0n) is 13.2. The molecule has 6 heteroatoms. The van der Waals surface area contributed by atoms with Gasteiger partial charge in [-0.1, -0.05) is 23.7 Å². The zero-order chi connectivity index (χ0) is 17.5. The van der Waals surface area contributed by atoms with Crippen molar-refractivity contribution in [1.82, 2.24) is 5.32 Å². The van der Waals surface area contributed by atoms with Gasteiger partial charge in [0.2, 0.25) is 5.91 Å². The summed E-state index contributed by atoms with van der Waals surface area (Å²) in [5, 5.41) is 3.05. The van der Waals surface area contributed by atoms with Gasteiger partial charge in [0.05, 0.1) is 7.11 Å². The zero-order valence-corrected chi connectivity index (χ0v) is 14.0. The highest BCUT2D eigenvalue weighted by atomic mass is 35.5. The summed E-state index contributed by atoms with van der Waals surface area (Å²) in [5.74, 6) is -0.0611. The van der Waals surface area contributed by atoms with E-state index in [0.717, 1.165) is 0 Å². The molecule has 0 heterocycles. The van der Waals surface area contributed by atoms with Crippen LogP contribution < -0.4 is 14.8 Å². The van der Waals surface area contributed by atoms with Gasteiger partial charge < -0.3 is 14.8 Å². The summed E-state index contributed by atoms with van der Waals surface area (Å²) in [7, 11) is 1.55. The molecular formula is C18H16ClNO4. The Labute approximate surface area is 144 Å². The summed E-state index contributed by atoms with van der Waals surface area (Å²) in [4.78, 5) is 23.7. The van der Waals surface area contributed by atoms with E-state index in [9.17, 15) is 9.59 Å². The number of methoxy groups -OCH3 is 1. The number of esters is 1. The number of benzene rings is 2. The van der Waals surface area contributed by atoms with Crippen molar-refractivity contribution in [3.05, 3.63) is 64.8 Å². The van der Waals surface area contributed by atoms with Gasteiger partial charge in [0.15, 0.2) is 0 Å². The molecule has 0 aliphatic carbocycles. The standard InChI is InChI=1S/C18H16ClNO4/c1-12(21)20-17(11-13-3-5-14(19)6-4-13)18(22)24-16-9-7-15(23-2)8-10-16/h3-11H,1-2H3,(H,20,21)/b17-11-. The number of hydrogen-bond donors (Lipinski definition) is 1. The number of halogens is 1. The molecule has 1 N–H and O–H groups in total. The van der Waals surface area contributed by atoms with Crippen LogP contribution in [0.4, 0.5) is 0 Å². The van der Waals surface area contributed by atoms with E-state index in [-0.39, 0.29) is 11.6 Å². The van der Waals surface area contributed by atoms with E-state index in [2.05, 4.69) is 5.32 Å². The van der Waals surface area contributed by atoms with E-state index in [1.165, 1.54) is 13.0 Å². The molecule has 0 saturated heterocycles. The van der Waals surface area contributed by atoms with Crippen LogP contribution in [-0.4, -0.2) is 19.0 Å². The molecule has 0 radical (unpaired) electrons. The molecule has 0 aromatic heterocycles. The van der Waals surface area contributed by atoms with Crippen LogP contribution in [0.15, 0.2) is 54.2 Å². The molecule has 0 spiro atoms. The molecule has 2 rings (SSSR count). The number of hydrogen-bond acceptors (Lipinski definition) is 4. The first kappa shape index (κ1) is 17.6. The molecule has 0 aliphatic rings. The van der Waals surface area contributed by atoms with E-state index in [4.69, 9.17) is 21.1 Å². The fraction of sp³-hybridized carbons (Fsp3) is 0.111. The number of ether oxygens (including phenoxy) is 2. The molecule has 0 atom stereocenters. The highest BCUT2D eigenvalue weighted by molar-refractivity contribution is 6.30. The molecule has 5 nitrogen and oxygen atoms in total. The lowest BCUT2D eigenvalue weighted by Crippen LogP contribution is -2.27. The molecule has 0 saturated carbocycles. The Hall–Kier alpha value is -2.79. The Morgan fingerprint density at radius 1 is 1.00 bits per heavy atom. The van der Waals surface area contributed by atoms with Crippen LogP contribution in [0, 0.1) is 0 Å². The van der Waals surface area contributed by atoms with E-state index in [1.54, 1.807) is 55.6 Å². The summed E-state index contributed by atoms with van der Waals surface area (Å²) in [5.41, 5.74) is 0.732. The Bertz CT molecular complexity index is 752.